The number of carbonyl (C=O) groups excluding carboxylic acids is 2. The molecule has 0 amide bonds. The molecule has 0 radical (unpaired) electrons. The Kier molecular flexibility index (Phi) is 9.46. The predicted molar refractivity (Wildman–Crippen MR) is 73.3 cm³/mol. The number of ether oxygens (including phenoxy) is 2. The third kappa shape index (κ3) is 9.10. The molecular weight excluding hydrogens is 252 g/mol. The van der Waals surface area contributed by atoms with Gasteiger partial charge in [0.05, 0.1) is 6.61 Å². The first-order valence-corrected chi connectivity index (χ1v) is 6.66. The van der Waals surface area contributed by atoms with Crippen LogP contribution in [0.4, 0.5) is 0 Å². The van der Waals surface area contributed by atoms with Crippen molar-refractivity contribution >= 4 is 24.6 Å². The maximum atomic E-state index is 11.3. The third-order valence-electron chi connectivity index (χ3n) is 2.27. The number of thiol groups is 1. The van der Waals surface area contributed by atoms with Crippen molar-refractivity contribution in [2.75, 3.05) is 6.61 Å². The first-order chi connectivity index (χ1) is 8.47. The number of rotatable bonds is 9. The second kappa shape index (κ2) is 10.00. The van der Waals surface area contributed by atoms with Crippen molar-refractivity contribution in [3.05, 3.63) is 12.7 Å². The number of carbonyl (C=O) groups is 2. The maximum Gasteiger partial charge on any atom is 0.358 e. The molecule has 0 aliphatic carbocycles. The van der Waals surface area contributed by atoms with Crippen LogP contribution in [0.15, 0.2) is 12.7 Å². The summed E-state index contributed by atoms with van der Waals surface area (Å²) in [5.74, 6) is -0.631. The number of unbranched alkanes of at least 4 members (excludes halogenated alkanes) is 2. The van der Waals surface area contributed by atoms with E-state index in [-0.39, 0.29) is 0 Å². The van der Waals surface area contributed by atoms with Gasteiger partial charge in [0.25, 0.3) is 0 Å². The van der Waals surface area contributed by atoms with Crippen molar-refractivity contribution in [3.8, 4) is 0 Å². The van der Waals surface area contributed by atoms with Gasteiger partial charge in [-0.1, -0.05) is 39.7 Å². The Labute approximate surface area is 114 Å². The van der Waals surface area contributed by atoms with E-state index in [0.717, 1.165) is 25.3 Å². The minimum Gasteiger partial charge on any atom is -0.462 e. The maximum absolute atomic E-state index is 11.3. The minimum absolute atomic E-state index is 0.333. The molecule has 1 atom stereocenters. The summed E-state index contributed by atoms with van der Waals surface area (Å²) in [6.45, 7) is 7.92. The molecular formula is C13H22O4S. The molecule has 1 unspecified atom stereocenters. The first kappa shape index (κ1) is 17.0. The Balaban J connectivity index is 3.58. The number of hydrogen-bond acceptors (Lipinski definition) is 5. The van der Waals surface area contributed by atoms with E-state index in [2.05, 4.69) is 37.8 Å². The predicted octanol–water partition coefficient (Wildman–Crippen LogP) is 2.73. The lowest BCUT2D eigenvalue weighted by molar-refractivity contribution is -0.158. The summed E-state index contributed by atoms with van der Waals surface area (Å²) in [6, 6.07) is 0. The molecule has 0 N–H and O–H groups in total. The molecule has 5 heteroatoms. The molecule has 0 aliphatic heterocycles. The fourth-order valence-electron chi connectivity index (χ4n) is 1.28. The summed E-state index contributed by atoms with van der Waals surface area (Å²) in [6.07, 6.45) is 5.12. The van der Waals surface area contributed by atoms with Gasteiger partial charge in [0.2, 0.25) is 5.44 Å². The average Bonchev–Trinajstić information content (AvgIpc) is 2.32. The summed E-state index contributed by atoms with van der Waals surface area (Å²) in [5, 5.41) is 0. The van der Waals surface area contributed by atoms with Crippen molar-refractivity contribution in [2.24, 2.45) is 5.92 Å². The molecule has 0 aromatic heterocycles. The monoisotopic (exact) mass is 274 g/mol. The Morgan fingerprint density at radius 1 is 1.28 bits per heavy atom. The molecule has 0 saturated carbocycles. The van der Waals surface area contributed by atoms with Crippen LogP contribution in [0, 0.1) is 5.92 Å². The molecule has 0 bridgehead atoms. The van der Waals surface area contributed by atoms with Gasteiger partial charge in [0, 0.05) is 6.08 Å². The Morgan fingerprint density at radius 3 is 2.50 bits per heavy atom. The lowest BCUT2D eigenvalue weighted by Gasteiger charge is -2.10. The second-order valence-electron chi connectivity index (χ2n) is 4.40. The zero-order chi connectivity index (χ0) is 14.0. The zero-order valence-electron chi connectivity index (χ0n) is 11.1. The minimum atomic E-state index is -1.17. The van der Waals surface area contributed by atoms with Crippen LogP contribution in [0.25, 0.3) is 0 Å². The van der Waals surface area contributed by atoms with E-state index in [1.54, 1.807) is 0 Å². The lowest BCUT2D eigenvalue weighted by atomic mass is 10.1. The molecule has 0 fully saturated rings. The molecule has 0 rings (SSSR count). The van der Waals surface area contributed by atoms with Crippen LogP contribution in [0.1, 0.15) is 39.5 Å². The fraction of sp³-hybridized carbons (Fsp3) is 0.692. The molecule has 0 aromatic carbocycles. The number of hydrogen-bond donors (Lipinski definition) is 1. The second-order valence-corrected chi connectivity index (χ2v) is 4.87. The van der Waals surface area contributed by atoms with Crippen molar-refractivity contribution in [3.63, 3.8) is 0 Å². The van der Waals surface area contributed by atoms with Crippen LogP contribution in [0.2, 0.25) is 0 Å². The zero-order valence-corrected chi connectivity index (χ0v) is 11.9. The highest BCUT2D eigenvalue weighted by Gasteiger charge is 2.18. The lowest BCUT2D eigenvalue weighted by Crippen LogP contribution is -2.23. The third-order valence-corrected chi connectivity index (χ3v) is 2.58. The molecule has 0 saturated heterocycles. The Morgan fingerprint density at radius 2 is 1.94 bits per heavy atom. The quantitative estimate of drug-likeness (QED) is 0.231. The van der Waals surface area contributed by atoms with Gasteiger partial charge < -0.3 is 9.47 Å². The molecule has 4 nitrogen and oxygen atoms in total. The summed E-state index contributed by atoms with van der Waals surface area (Å²) in [7, 11) is 0. The van der Waals surface area contributed by atoms with Crippen molar-refractivity contribution < 1.29 is 19.1 Å². The molecule has 18 heavy (non-hydrogen) atoms. The molecule has 0 spiro atoms. The molecule has 0 aliphatic rings. The van der Waals surface area contributed by atoms with Crippen LogP contribution < -0.4 is 0 Å². The van der Waals surface area contributed by atoms with Gasteiger partial charge in [0.15, 0.2) is 0 Å². The van der Waals surface area contributed by atoms with Crippen molar-refractivity contribution in [2.45, 2.75) is 45.0 Å². The topological polar surface area (TPSA) is 52.6 Å². The Hall–Kier alpha value is -0.970. The SMILES string of the molecule is C=CC(=O)OC(S)C(=O)OCCCCCC(C)C. The van der Waals surface area contributed by atoms with E-state index in [1.165, 1.54) is 6.42 Å². The van der Waals surface area contributed by atoms with E-state index < -0.39 is 17.4 Å². The Bertz CT molecular complexity index is 276. The largest absolute Gasteiger partial charge is 0.462 e. The van der Waals surface area contributed by atoms with Gasteiger partial charge in [0.1, 0.15) is 0 Å². The average molecular weight is 274 g/mol. The molecule has 104 valence electrons. The van der Waals surface area contributed by atoms with Crippen LogP contribution >= 0.6 is 12.6 Å². The van der Waals surface area contributed by atoms with Gasteiger partial charge in [-0.2, -0.15) is 0 Å². The van der Waals surface area contributed by atoms with Gasteiger partial charge in [-0.15, -0.1) is 12.6 Å². The summed E-state index contributed by atoms with van der Waals surface area (Å²) >= 11 is 3.82. The van der Waals surface area contributed by atoms with Crippen LogP contribution in [0.3, 0.4) is 0 Å². The molecule has 0 heterocycles. The highest BCUT2D eigenvalue weighted by atomic mass is 32.1. The highest BCUT2D eigenvalue weighted by molar-refractivity contribution is 7.81. The van der Waals surface area contributed by atoms with E-state index >= 15 is 0 Å². The van der Waals surface area contributed by atoms with Gasteiger partial charge in [-0.25, -0.2) is 9.59 Å². The van der Waals surface area contributed by atoms with E-state index in [4.69, 9.17) is 4.74 Å². The normalized spacial score (nSPS) is 12.0. The van der Waals surface area contributed by atoms with Crippen molar-refractivity contribution in [1.82, 2.24) is 0 Å². The highest BCUT2D eigenvalue weighted by Crippen LogP contribution is 2.08. The van der Waals surface area contributed by atoms with Crippen LogP contribution in [-0.2, 0) is 19.1 Å². The van der Waals surface area contributed by atoms with Crippen LogP contribution in [0.5, 0.6) is 0 Å². The van der Waals surface area contributed by atoms with Crippen LogP contribution in [-0.4, -0.2) is 24.0 Å². The van der Waals surface area contributed by atoms with Crippen molar-refractivity contribution in [1.29, 1.82) is 0 Å². The van der Waals surface area contributed by atoms with E-state index in [9.17, 15) is 9.59 Å². The van der Waals surface area contributed by atoms with Gasteiger partial charge in [-0.05, 0) is 12.3 Å². The standard InChI is InChI=1S/C13H22O4S/c1-4-11(14)17-13(18)12(15)16-9-7-5-6-8-10(2)3/h4,10,13,18H,1,5-9H2,2-3H3. The summed E-state index contributed by atoms with van der Waals surface area (Å²) in [5.41, 5.74) is -1.17. The molecule has 0 aromatic rings. The van der Waals surface area contributed by atoms with E-state index in [1.807, 2.05) is 0 Å². The number of esters is 2. The van der Waals surface area contributed by atoms with Gasteiger partial charge >= 0.3 is 11.9 Å². The fourth-order valence-corrected chi connectivity index (χ4v) is 1.46. The summed E-state index contributed by atoms with van der Waals surface area (Å²) < 4.78 is 9.53. The summed E-state index contributed by atoms with van der Waals surface area (Å²) in [4.78, 5) is 22.1. The first-order valence-electron chi connectivity index (χ1n) is 6.15. The smallest absolute Gasteiger partial charge is 0.358 e. The van der Waals surface area contributed by atoms with Gasteiger partial charge in [-0.3, -0.25) is 0 Å². The van der Waals surface area contributed by atoms with E-state index in [0.29, 0.717) is 12.5 Å².